The molecule has 0 atom stereocenters. The quantitative estimate of drug-likeness (QED) is 0.533. The minimum Gasteiger partial charge on any atom is -0.371 e. The lowest BCUT2D eigenvalue weighted by Gasteiger charge is -2.24. The Morgan fingerprint density at radius 3 is 2.30 bits per heavy atom. The fraction of sp³-hybridized carbons (Fsp3) is 0.533. The van der Waals surface area contributed by atoms with E-state index in [0.29, 0.717) is 0 Å². The Labute approximate surface area is 120 Å². The molecule has 1 aromatic carbocycles. The van der Waals surface area contributed by atoms with E-state index in [9.17, 15) is 10.1 Å². The van der Waals surface area contributed by atoms with Crippen LogP contribution in [0.15, 0.2) is 18.2 Å². The zero-order valence-corrected chi connectivity index (χ0v) is 12.1. The molecule has 0 aliphatic heterocycles. The fourth-order valence-corrected chi connectivity index (χ4v) is 2.04. The molecule has 0 aliphatic rings. The van der Waals surface area contributed by atoms with Gasteiger partial charge in [0.05, 0.1) is 4.92 Å². The summed E-state index contributed by atoms with van der Waals surface area (Å²) in [4.78, 5) is 12.5. The Balaban J connectivity index is 3.01. The minimum absolute atomic E-state index is 0.123. The molecule has 0 saturated heterocycles. The maximum absolute atomic E-state index is 10.8. The van der Waals surface area contributed by atoms with Gasteiger partial charge in [0.25, 0.3) is 5.69 Å². The number of hydrogen-bond acceptors (Lipinski definition) is 4. The van der Waals surface area contributed by atoms with Crippen molar-refractivity contribution in [1.29, 1.82) is 5.26 Å². The second-order valence-corrected chi connectivity index (χ2v) is 4.76. The van der Waals surface area contributed by atoms with E-state index in [4.69, 9.17) is 5.26 Å². The van der Waals surface area contributed by atoms with E-state index in [1.165, 1.54) is 6.07 Å². The monoisotopic (exact) mass is 275 g/mol. The van der Waals surface area contributed by atoms with Crippen molar-refractivity contribution in [3.63, 3.8) is 0 Å². The van der Waals surface area contributed by atoms with E-state index in [1.807, 2.05) is 6.07 Å². The molecule has 0 fully saturated rings. The molecule has 0 N–H and O–H groups in total. The molecule has 20 heavy (non-hydrogen) atoms. The van der Waals surface area contributed by atoms with Crippen LogP contribution < -0.4 is 4.90 Å². The van der Waals surface area contributed by atoms with Crippen LogP contribution in [0, 0.1) is 21.4 Å². The molecule has 0 amide bonds. The van der Waals surface area contributed by atoms with Crippen molar-refractivity contribution in [3.8, 4) is 6.07 Å². The summed E-state index contributed by atoms with van der Waals surface area (Å²) in [6, 6.07) is 6.71. The molecular weight excluding hydrogens is 254 g/mol. The highest BCUT2D eigenvalue weighted by Gasteiger charge is 2.16. The van der Waals surface area contributed by atoms with E-state index in [-0.39, 0.29) is 11.3 Å². The summed E-state index contributed by atoms with van der Waals surface area (Å²) in [6.07, 6.45) is 4.34. The van der Waals surface area contributed by atoms with Crippen LogP contribution in [0.3, 0.4) is 0 Å². The number of nitrogens with zero attached hydrogens (tertiary/aromatic N) is 3. The number of nitro groups is 1. The number of hydrogen-bond donors (Lipinski definition) is 0. The molecule has 0 heterocycles. The molecule has 5 heteroatoms. The molecule has 0 radical (unpaired) electrons. The lowest BCUT2D eigenvalue weighted by atomic mass is 10.1. The first-order valence-corrected chi connectivity index (χ1v) is 7.07. The van der Waals surface area contributed by atoms with Crippen molar-refractivity contribution in [1.82, 2.24) is 0 Å². The van der Waals surface area contributed by atoms with E-state index in [1.54, 1.807) is 12.1 Å². The van der Waals surface area contributed by atoms with E-state index in [2.05, 4.69) is 18.7 Å². The SMILES string of the molecule is CCCCN(CCCC)c1ccc([N+](=O)[O-])c(C#N)c1. The first-order valence-electron chi connectivity index (χ1n) is 7.07. The molecule has 1 aromatic rings. The van der Waals surface area contributed by atoms with E-state index >= 15 is 0 Å². The third-order valence-corrected chi connectivity index (χ3v) is 3.23. The van der Waals surface area contributed by atoms with Crippen LogP contribution >= 0.6 is 0 Å². The Kier molecular flexibility index (Phi) is 6.51. The highest BCUT2D eigenvalue weighted by Crippen LogP contribution is 2.25. The zero-order valence-electron chi connectivity index (χ0n) is 12.1. The van der Waals surface area contributed by atoms with Crippen molar-refractivity contribution >= 4 is 11.4 Å². The molecule has 108 valence electrons. The summed E-state index contributed by atoms with van der Waals surface area (Å²) >= 11 is 0. The molecule has 0 bridgehead atoms. The van der Waals surface area contributed by atoms with Gasteiger partial charge in [0, 0.05) is 24.8 Å². The molecular formula is C15H21N3O2. The van der Waals surface area contributed by atoms with Gasteiger partial charge in [-0.15, -0.1) is 0 Å². The Bertz CT molecular complexity index is 486. The van der Waals surface area contributed by atoms with Gasteiger partial charge in [0.15, 0.2) is 0 Å². The number of nitro benzene ring substituents is 1. The first kappa shape index (κ1) is 16.0. The van der Waals surface area contributed by atoms with Crippen molar-refractivity contribution in [2.24, 2.45) is 0 Å². The van der Waals surface area contributed by atoms with Crippen molar-refractivity contribution in [3.05, 3.63) is 33.9 Å². The first-order chi connectivity index (χ1) is 9.63. The maximum atomic E-state index is 10.8. The van der Waals surface area contributed by atoms with Gasteiger partial charge in [-0.2, -0.15) is 5.26 Å². The smallest absolute Gasteiger partial charge is 0.287 e. The van der Waals surface area contributed by atoms with Crippen LogP contribution in [-0.4, -0.2) is 18.0 Å². The second kappa shape index (κ2) is 8.16. The molecule has 0 unspecified atom stereocenters. The van der Waals surface area contributed by atoms with Crippen LogP contribution in [0.2, 0.25) is 0 Å². The van der Waals surface area contributed by atoms with Gasteiger partial charge in [-0.05, 0) is 25.0 Å². The van der Waals surface area contributed by atoms with Crippen LogP contribution in [0.5, 0.6) is 0 Å². The van der Waals surface area contributed by atoms with Gasteiger partial charge in [-0.1, -0.05) is 26.7 Å². The number of benzene rings is 1. The molecule has 0 aliphatic carbocycles. The molecule has 1 rings (SSSR count). The summed E-state index contributed by atoms with van der Waals surface area (Å²) in [7, 11) is 0. The summed E-state index contributed by atoms with van der Waals surface area (Å²) in [6.45, 7) is 6.10. The van der Waals surface area contributed by atoms with Crippen LogP contribution in [0.1, 0.15) is 45.1 Å². The van der Waals surface area contributed by atoms with Crippen LogP contribution in [0.25, 0.3) is 0 Å². The van der Waals surface area contributed by atoms with Gasteiger partial charge >= 0.3 is 0 Å². The van der Waals surface area contributed by atoms with E-state index < -0.39 is 4.92 Å². The third kappa shape index (κ3) is 4.23. The van der Waals surface area contributed by atoms with Crippen molar-refractivity contribution in [2.45, 2.75) is 39.5 Å². The highest BCUT2D eigenvalue weighted by molar-refractivity contribution is 5.59. The zero-order chi connectivity index (χ0) is 15.0. The average molecular weight is 275 g/mol. The average Bonchev–Trinajstić information content (AvgIpc) is 2.46. The fourth-order valence-electron chi connectivity index (χ4n) is 2.04. The lowest BCUT2D eigenvalue weighted by Crippen LogP contribution is -2.25. The van der Waals surface area contributed by atoms with Gasteiger partial charge in [-0.25, -0.2) is 0 Å². The lowest BCUT2D eigenvalue weighted by molar-refractivity contribution is -0.385. The Morgan fingerprint density at radius 1 is 1.25 bits per heavy atom. The predicted octanol–water partition coefficient (Wildman–Crippen LogP) is 3.87. The van der Waals surface area contributed by atoms with E-state index in [0.717, 1.165) is 44.5 Å². The minimum atomic E-state index is -0.509. The number of unbranched alkanes of at least 4 members (excludes halogenated alkanes) is 2. The third-order valence-electron chi connectivity index (χ3n) is 3.23. The largest absolute Gasteiger partial charge is 0.371 e. The summed E-state index contributed by atoms with van der Waals surface area (Å²) < 4.78 is 0. The number of rotatable bonds is 8. The number of anilines is 1. The Morgan fingerprint density at radius 2 is 1.85 bits per heavy atom. The normalized spacial score (nSPS) is 10.1. The van der Waals surface area contributed by atoms with Gasteiger partial charge in [0.1, 0.15) is 11.6 Å². The van der Waals surface area contributed by atoms with Crippen molar-refractivity contribution < 1.29 is 4.92 Å². The van der Waals surface area contributed by atoms with Crippen LogP contribution in [0.4, 0.5) is 11.4 Å². The standard InChI is InChI=1S/C15H21N3O2/c1-3-5-9-17(10-6-4-2)14-7-8-15(18(19)20)13(11-14)12-16/h7-8,11H,3-6,9-10H2,1-2H3. The topological polar surface area (TPSA) is 70.2 Å². The number of nitriles is 1. The summed E-state index contributed by atoms with van der Waals surface area (Å²) in [5.41, 5.74) is 0.904. The van der Waals surface area contributed by atoms with Gasteiger partial charge in [0.2, 0.25) is 0 Å². The molecule has 5 nitrogen and oxygen atoms in total. The Hall–Kier alpha value is -2.09. The maximum Gasteiger partial charge on any atom is 0.287 e. The van der Waals surface area contributed by atoms with Crippen LogP contribution in [-0.2, 0) is 0 Å². The molecule has 0 saturated carbocycles. The summed E-state index contributed by atoms with van der Waals surface area (Å²) in [5.74, 6) is 0. The molecule has 0 aromatic heterocycles. The second-order valence-electron chi connectivity index (χ2n) is 4.76. The van der Waals surface area contributed by atoms with Gasteiger partial charge in [-0.3, -0.25) is 10.1 Å². The van der Waals surface area contributed by atoms with Crippen molar-refractivity contribution in [2.75, 3.05) is 18.0 Å². The predicted molar refractivity (Wildman–Crippen MR) is 79.8 cm³/mol. The summed E-state index contributed by atoms with van der Waals surface area (Å²) in [5, 5.41) is 19.9. The molecule has 0 spiro atoms. The van der Waals surface area contributed by atoms with Gasteiger partial charge < -0.3 is 4.90 Å². The highest BCUT2D eigenvalue weighted by atomic mass is 16.6.